The molecule has 2 heterocycles. The average Bonchev–Trinajstić information content (AvgIpc) is 2.40. The number of hydrazine groups is 1. The predicted octanol–water partition coefficient (Wildman–Crippen LogP) is -0.0335. The lowest BCUT2D eigenvalue weighted by Crippen LogP contribution is -2.34. The first-order valence-corrected chi connectivity index (χ1v) is 5.92. The van der Waals surface area contributed by atoms with Crippen LogP contribution in [-0.4, -0.2) is 39.7 Å². The van der Waals surface area contributed by atoms with Crippen molar-refractivity contribution in [2.24, 2.45) is 11.8 Å². The lowest BCUT2D eigenvalue weighted by atomic mass is 9.98. The number of nitrogens with one attached hydrogen (secondary N) is 1. The number of aliphatic hydroxyl groups is 1. The maximum Gasteiger partial charge on any atom is 0.158 e. The van der Waals surface area contributed by atoms with Crippen molar-refractivity contribution in [1.82, 2.24) is 14.9 Å². The second kappa shape index (κ2) is 5.90. The van der Waals surface area contributed by atoms with Gasteiger partial charge in [-0.05, 0) is 31.8 Å². The van der Waals surface area contributed by atoms with Crippen LogP contribution in [0.2, 0.25) is 0 Å². The molecule has 0 bridgehead atoms. The molecule has 4 N–H and O–H groups in total. The Labute approximate surface area is 101 Å². The number of likely N-dealkylation sites (tertiary alicyclic amines) is 1. The second-order valence-corrected chi connectivity index (χ2v) is 4.44. The second-order valence-electron chi connectivity index (χ2n) is 4.44. The van der Waals surface area contributed by atoms with Crippen LogP contribution in [0.4, 0.5) is 5.82 Å². The molecule has 0 saturated carbocycles. The number of anilines is 1. The molecule has 1 aromatic heterocycles. The van der Waals surface area contributed by atoms with Crippen molar-refractivity contribution in [3.8, 4) is 0 Å². The van der Waals surface area contributed by atoms with Crippen molar-refractivity contribution in [2.45, 2.75) is 19.4 Å². The van der Waals surface area contributed by atoms with Gasteiger partial charge in [-0.1, -0.05) is 0 Å². The van der Waals surface area contributed by atoms with Gasteiger partial charge in [0.2, 0.25) is 0 Å². The summed E-state index contributed by atoms with van der Waals surface area (Å²) in [6.45, 7) is 3.16. The topological polar surface area (TPSA) is 87.3 Å². The SMILES string of the molecule is NNc1cnc(CN2CCC(CO)CC2)cn1. The molecule has 0 amide bonds. The van der Waals surface area contributed by atoms with E-state index in [2.05, 4.69) is 20.3 Å². The summed E-state index contributed by atoms with van der Waals surface area (Å²) in [6.07, 6.45) is 5.50. The van der Waals surface area contributed by atoms with Gasteiger partial charge in [-0.25, -0.2) is 10.8 Å². The molecule has 1 saturated heterocycles. The van der Waals surface area contributed by atoms with Crippen LogP contribution in [0.3, 0.4) is 0 Å². The van der Waals surface area contributed by atoms with Crippen LogP contribution in [0.1, 0.15) is 18.5 Å². The maximum atomic E-state index is 9.07. The molecule has 1 fully saturated rings. The summed E-state index contributed by atoms with van der Waals surface area (Å²) >= 11 is 0. The molecule has 1 aromatic rings. The lowest BCUT2D eigenvalue weighted by molar-refractivity contribution is 0.126. The largest absolute Gasteiger partial charge is 0.396 e. The normalized spacial score (nSPS) is 18.2. The van der Waals surface area contributed by atoms with Crippen LogP contribution in [0.25, 0.3) is 0 Å². The van der Waals surface area contributed by atoms with Gasteiger partial charge in [0.15, 0.2) is 5.82 Å². The zero-order chi connectivity index (χ0) is 12.1. The summed E-state index contributed by atoms with van der Waals surface area (Å²) in [4.78, 5) is 10.8. The molecule has 0 spiro atoms. The van der Waals surface area contributed by atoms with Crippen molar-refractivity contribution in [2.75, 3.05) is 25.1 Å². The molecule has 94 valence electrons. The third-order valence-corrected chi connectivity index (χ3v) is 3.20. The summed E-state index contributed by atoms with van der Waals surface area (Å²) in [5, 5.41) is 9.07. The molecular formula is C11H19N5O. The van der Waals surface area contributed by atoms with Gasteiger partial charge in [-0.15, -0.1) is 0 Å². The van der Waals surface area contributed by atoms with Crippen LogP contribution in [0.5, 0.6) is 0 Å². The van der Waals surface area contributed by atoms with E-state index in [1.807, 2.05) is 0 Å². The highest BCUT2D eigenvalue weighted by Crippen LogP contribution is 2.17. The Bertz CT molecular complexity index is 334. The van der Waals surface area contributed by atoms with Crippen molar-refractivity contribution < 1.29 is 5.11 Å². The minimum Gasteiger partial charge on any atom is -0.396 e. The summed E-state index contributed by atoms with van der Waals surface area (Å²) in [5.74, 6) is 6.28. The van der Waals surface area contributed by atoms with Gasteiger partial charge >= 0.3 is 0 Å². The van der Waals surface area contributed by atoms with Gasteiger partial charge in [-0.3, -0.25) is 9.88 Å². The van der Waals surface area contributed by atoms with Crippen LogP contribution < -0.4 is 11.3 Å². The summed E-state index contributed by atoms with van der Waals surface area (Å²) in [7, 11) is 0. The summed E-state index contributed by atoms with van der Waals surface area (Å²) < 4.78 is 0. The highest BCUT2D eigenvalue weighted by atomic mass is 16.3. The fourth-order valence-electron chi connectivity index (χ4n) is 2.07. The fraction of sp³-hybridized carbons (Fsp3) is 0.636. The van der Waals surface area contributed by atoms with Gasteiger partial charge in [-0.2, -0.15) is 0 Å². The number of hydrogen-bond donors (Lipinski definition) is 3. The van der Waals surface area contributed by atoms with Crippen molar-refractivity contribution in [3.63, 3.8) is 0 Å². The highest BCUT2D eigenvalue weighted by molar-refractivity contribution is 5.28. The zero-order valence-electron chi connectivity index (χ0n) is 9.84. The molecule has 0 atom stereocenters. The molecule has 17 heavy (non-hydrogen) atoms. The molecular weight excluding hydrogens is 218 g/mol. The van der Waals surface area contributed by atoms with E-state index in [4.69, 9.17) is 10.9 Å². The van der Waals surface area contributed by atoms with E-state index >= 15 is 0 Å². The van der Waals surface area contributed by atoms with Crippen molar-refractivity contribution in [3.05, 3.63) is 18.1 Å². The number of rotatable bonds is 4. The van der Waals surface area contributed by atoms with Gasteiger partial charge in [0.1, 0.15) is 0 Å². The Kier molecular flexibility index (Phi) is 4.24. The standard InChI is InChI=1S/C11H19N5O/c12-15-11-6-13-10(5-14-11)7-16-3-1-9(8-17)2-4-16/h5-6,9,17H,1-4,7-8,12H2,(H,14,15). The Hall–Kier alpha value is -1.24. The summed E-state index contributed by atoms with van der Waals surface area (Å²) in [5.41, 5.74) is 3.41. The zero-order valence-corrected chi connectivity index (χ0v) is 9.84. The molecule has 0 unspecified atom stereocenters. The first kappa shape index (κ1) is 12.2. The Morgan fingerprint density at radius 3 is 2.65 bits per heavy atom. The molecule has 1 aliphatic heterocycles. The smallest absolute Gasteiger partial charge is 0.158 e. The van der Waals surface area contributed by atoms with E-state index in [-0.39, 0.29) is 0 Å². The average molecular weight is 237 g/mol. The third-order valence-electron chi connectivity index (χ3n) is 3.20. The van der Waals surface area contributed by atoms with Crippen LogP contribution in [-0.2, 0) is 6.54 Å². The molecule has 0 aromatic carbocycles. The first-order chi connectivity index (χ1) is 8.31. The summed E-state index contributed by atoms with van der Waals surface area (Å²) in [6, 6.07) is 0. The molecule has 6 nitrogen and oxygen atoms in total. The van der Waals surface area contributed by atoms with E-state index in [0.29, 0.717) is 18.3 Å². The monoisotopic (exact) mass is 237 g/mol. The van der Waals surface area contributed by atoms with Crippen LogP contribution in [0, 0.1) is 5.92 Å². The number of nitrogens with two attached hydrogens (primary N) is 1. The van der Waals surface area contributed by atoms with Gasteiger partial charge in [0, 0.05) is 13.2 Å². The van der Waals surface area contributed by atoms with Gasteiger partial charge in [0.05, 0.1) is 18.1 Å². The van der Waals surface area contributed by atoms with Gasteiger partial charge in [0.25, 0.3) is 0 Å². The molecule has 0 radical (unpaired) electrons. The van der Waals surface area contributed by atoms with E-state index in [1.165, 1.54) is 0 Å². The van der Waals surface area contributed by atoms with E-state index < -0.39 is 0 Å². The minimum absolute atomic E-state index is 0.310. The Morgan fingerprint density at radius 1 is 1.35 bits per heavy atom. The van der Waals surface area contributed by atoms with E-state index in [1.54, 1.807) is 12.4 Å². The first-order valence-electron chi connectivity index (χ1n) is 5.92. The maximum absolute atomic E-state index is 9.07. The van der Waals surface area contributed by atoms with Crippen LogP contribution in [0.15, 0.2) is 12.4 Å². The van der Waals surface area contributed by atoms with Crippen LogP contribution >= 0.6 is 0 Å². The quantitative estimate of drug-likeness (QED) is 0.503. The third kappa shape index (κ3) is 3.36. The molecule has 0 aliphatic carbocycles. The Morgan fingerprint density at radius 2 is 2.12 bits per heavy atom. The molecule has 6 heteroatoms. The number of hydrogen-bond acceptors (Lipinski definition) is 6. The number of piperidine rings is 1. The predicted molar refractivity (Wildman–Crippen MR) is 64.9 cm³/mol. The highest BCUT2D eigenvalue weighted by Gasteiger charge is 2.18. The molecule has 1 aliphatic rings. The van der Waals surface area contributed by atoms with Crippen molar-refractivity contribution in [1.29, 1.82) is 0 Å². The molecule has 2 rings (SSSR count). The minimum atomic E-state index is 0.310. The van der Waals surface area contributed by atoms with E-state index in [0.717, 1.165) is 38.2 Å². The fourth-order valence-corrected chi connectivity index (χ4v) is 2.07. The van der Waals surface area contributed by atoms with E-state index in [9.17, 15) is 0 Å². The number of nitrogens with zero attached hydrogens (tertiary/aromatic N) is 3. The number of aliphatic hydroxyl groups excluding tert-OH is 1. The Balaban J connectivity index is 1.84. The lowest BCUT2D eigenvalue weighted by Gasteiger charge is -2.30. The number of aromatic nitrogens is 2. The number of nitrogen functional groups attached to an aromatic ring is 1. The van der Waals surface area contributed by atoms with Gasteiger partial charge < -0.3 is 10.5 Å². The van der Waals surface area contributed by atoms with Crippen molar-refractivity contribution >= 4 is 5.82 Å².